The third-order valence-corrected chi connectivity index (χ3v) is 3.91. The number of nitrogens with zero attached hydrogens (tertiary/aromatic N) is 1. The molecule has 1 fully saturated rings. The predicted molar refractivity (Wildman–Crippen MR) is 71.4 cm³/mol. The Morgan fingerprint density at radius 2 is 2.32 bits per heavy atom. The molecule has 6 heteroatoms. The normalized spacial score (nSPS) is 19.0. The first kappa shape index (κ1) is 14.0. The average molecular weight is 283 g/mol. The number of anilines is 1. The molecule has 0 saturated carbocycles. The van der Waals surface area contributed by atoms with Crippen LogP contribution in [-0.2, 0) is 16.2 Å². The number of hydrogen-bond acceptors (Lipinski definition) is 4. The molecule has 0 radical (unpaired) electrons. The van der Waals surface area contributed by atoms with Crippen LogP contribution in [0.25, 0.3) is 0 Å². The second-order valence-electron chi connectivity index (χ2n) is 4.37. The molecule has 1 N–H and O–H groups in total. The molecule has 4 nitrogen and oxygen atoms in total. The van der Waals surface area contributed by atoms with Crippen LogP contribution in [0.15, 0.2) is 18.2 Å². The number of amides is 1. The van der Waals surface area contributed by atoms with Crippen LogP contribution in [-0.4, -0.2) is 27.9 Å². The molecule has 1 unspecified atom stereocenters. The van der Waals surface area contributed by atoms with E-state index in [0.717, 1.165) is 11.8 Å². The third kappa shape index (κ3) is 3.13. The Morgan fingerprint density at radius 1 is 1.58 bits per heavy atom. The molecule has 1 aromatic rings. The Bertz CT molecular complexity index is 521. The van der Waals surface area contributed by atoms with E-state index in [2.05, 4.69) is 0 Å². The minimum absolute atomic E-state index is 0.0187. The van der Waals surface area contributed by atoms with Gasteiger partial charge < -0.3 is 10.0 Å². The van der Waals surface area contributed by atoms with Crippen molar-refractivity contribution in [2.75, 3.05) is 11.4 Å². The highest BCUT2D eigenvalue weighted by Crippen LogP contribution is 2.29. The van der Waals surface area contributed by atoms with Crippen LogP contribution in [0.1, 0.15) is 18.9 Å². The molecule has 1 aliphatic rings. The Hall–Kier alpha value is -1.40. The smallest absolute Gasteiger partial charge is 0.228 e. The van der Waals surface area contributed by atoms with Crippen LogP contribution in [0, 0.1) is 5.82 Å². The van der Waals surface area contributed by atoms with Crippen molar-refractivity contribution < 1.29 is 19.1 Å². The Balaban J connectivity index is 2.18. The number of carbonyl (C=O) groups is 2. The van der Waals surface area contributed by atoms with E-state index < -0.39 is 12.4 Å². The van der Waals surface area contributed by atoms with Gasteiger partial charge in [-0.2, -0.15) is 0 Å². The fraction of sp³-hybridized carbons (Fsp3) is 0.385. The number of aliphatic hydroxyl groups is 1. The van der Waals surface area contributed by atoms with Crippen LogP contribution >= 0.6 is 11.8 Å². The maximum atomic E-state index is 13.3. The van der Waals surface area contributed by atoms with Crippen LogP contribution in [0.5, 0.6) is 0 Å². The summed E-state index contributed by atoms with van der Waals surface area (Å²) < 4.78 is 13.3. The van der Waals surface area contributed by atoms with Gasteiger partial charge in [0.1, 0.15) is 5.82 Å². The average Bonchev–Trinajstić information content (AvgIpc) is 2.70. The molecule has 1 saturated heterocycles. The topological polar surface area (TPSA) is 57.6 Å². The summed E-state index contributed by atoms with van der Waals surface area (Å²) in [6, 6.07) is 4.21. The Kier molecular flexibility index (Phi) is 4.21. The van der Waals surface area contributed by atoms with E-state index in [1.165, 1.54) is 30.0 Å². The first-order valence-electron chi connectivity index (χ1n) is 5.88. The van der Waals surface area contributed by atoms with Gasteiger partial charge in [0.15, 0.2) is 5.12 Å². The van der Waals surface area contributed by atoms with Crippen molar-refractivity contribution in [3.05, 3.63) is 29.6 Å². The van der Waals surface area contributed by atoms with E-state index in [1.807, 2.05) is 0 Å². The zero-order valence-corrected chi connectivity index (χ0v) is 11.2. The number of rotatable bonds is 3. The van der Waals surface area contributed by atoms with Crippen LogP contribution < -0.4 is 4.90 Å². The van der Waals surface area contributed by atoms with Gasteiger partial charge in [-0.3, -0.25) is 9.59 Å². The first-order chi connectivity index (χ1) is 9.01. The predicted octanol–water partition coefficient (Wildman–Crippen LogP) is 1.70. The summed E-state index contributed by atoms with van der Waals surface area (Å²) in [7, 11) is 0. The molecular formula is C13H14FNO3S. The number of halogens is 1. The van der Waals surface area contributed by atoms with Crippen molar-refractivity contribution in [2.24, 2.45) is 0 Å². The molecule has 102 valence electrons. The standard InChI is InChI=1S/C13H14FNO3S/c1-8(17)19-11-5-13(18)15(6-11)10-2-3-12(14)9(4-10)7-16/h2-4,11,16H,5-7H2,1H3. The zero-order valence-electron chi connectivity index (χ0n) is 10.4. The first-order valence-corrected chi connectivity index (χ1v) is 6.76. The molecule has 0 aliphatic carbocycles. The number of benzene rings is 1. The summed E-state index contributed by atoms with van der Waals surface area (Å²) in [5, 5.41) is 8.95. The third-order valence-electron chi connectivity index (χ3n) is 2.93. The molecule has 1 atom stereocenters. The Morgan fingerprint density at radius 3 is 2.95 bits per heavy atom. The molecule has 1 aliphatic heterocycles. The SMILES string of the molecule is CC(=O)SC1CC(=O)N(c2ccc(F)c(CO)c2)C1. The number of carbonyl (C=O) groups excluding carboxylic acids is 2. The van der Waals surface area contributed by atoms with E-state index in [1.54, 1.807) is 0 Å². The fourth-order valence-corrected chi connectivity index (χ4v) is 3.01. The summed E-state index contributed by atoms with van der Waals surface area (Å²) in [6.07, 6.45) is 0.302. The van der Waals surface area contributed by atoms with E-state index >= 15 is 0 Å². The zero-order chi connectivity index (χ0) is 14.0. The molecule has 0 spiro atoms. The quantitative estimate of drug-likeness (QED) is 0.917. The van der Waals surface area contributed by atoms with Gasteiger partial charge in [-0.1, -0.05) is 11.8 Å². The number of aliphatic hydroxyl groups excluding tert-OH is 1. The minimum atomic E-state index is -0.493. The van der Waals surface area contributed by atoms with Crippen LogP contribution in [0.2, 0.25) is 0 Å². The monoisotopic (exact) mass is 283 g/mol. The fourth-order valence-electron chi connectivity index (χ4n) is 2.09. The molecule has 0 bridgehead atoms. The van der Waals surface area contributed by atoms with Gasteiger partial charge in [-0.05, 0) is 18.2 Å². The summed E-state index contributed by atoms with van der Waals surface area (Å²) in [6.45, 7) is 1.49. The van der Waals surface area contributed by atoms with Gasteiger partial charge in [0.05, 0.1) is 6.61 Å². The highest BCUT2D eigenvalue weighted by Gasteiger charge is 2.32. The molecular weight excluding hydrogens is 269 g/mol. The Labute approximate surface area is 114 Å². The van der Waals surface area contributed by atoms with Gasteiger partial charge in [0.25, 0.3) is 0 Å². The van der Waals surface area contributed by atoms with Crippen molar-refractivity contribution in [3.8, 4) is 0 Å². The van der Waals surface area contributed by atoms with Gasteiger partial charge in [0.2, 0.25) is 5.91 Å². The summed E-state index contributed by atoms with van der Waals surface area (Å²) in [5.74, 6) is -0.582. The van der Waals surface area contributed by atoms with Crippen LogP contribution in [0.4, 0.5) is 10.1 Å². The number of thioether (sulfide) groups is 1. The largest absolute Gasteiger partial charge is 0.392 e. The highest BCUT2D eigenvalue weighted by molar-refractivity contribution is 8.14. The maximum Gasteiger partial charge on any atom is 0.228 e. The lowest BCUT2D eigenvalue weighted by Gasteiger charge is -2.17. The second kappa shape index (κ2) is 5.71. The maximum absolute atomic E-state index is 13.3. The number of hydrogen-bond donors (Lipinski definition) is 1. The van der Waals surface area contributed by atoms with E-state index in [-0.39, 0.29) is 21.8 Å². The van der Waals surface area contributed by atoms with Crippen molar-refractivity contribution in [1.82, 2.24) is 0 Å². The molecule has 1 heterocycles. The lowest BCUT2D eigenvalue weighted by molar-refractivity contribution is -0.117. The van der Waals surface area contributed by atoms with Crippen molar-refractivity contribution in [1.29, 1.82) is 0 Å². The second-order valence-corrected chi connectivity index (χ2v) is 5.85. The summed E-state index contributed by atoms with van der Waals surface area (Å²) in [4.78, 5) is 24.5. The van der Waals surface area contributed by atoms with E-state index in [0.29, 0.717) is 18.7 Å². The van der Waals surface area contributed by atoms with E-state index in [9.17, 15) is 14.0 Å². The van der Waals surface area contributed by atoms with Crippen LogP contribution in [0.3, 0.4) is 0 Å². The minimum Gasteiger partial charge on any atom is -0.392 e. The molecule has 2 rings (SSSR count). The summed E-state index contributed by atoms with van der Waals surface area (Å²) >= 11 is 1.15. The van der Waals surface area contributed by atoms with Crippen molar-refractivity contribution >= 4 is 28.5 Å². The molecule has 0 aromatic heterocycles. The molecule has 19 heavy (non-hydrogen) atoms. The summed E-state index contributed by atoms with van der Waals surface area (Å²) in [5.41, 5.74) is 0.718. The highest BCUT2D eigenvalue weighted by atomic mass is 32.2. The van der Waals surface area contributed by atoms with Gasteiger partial charge in [0, 0.05) is 36.4 Å². The van der Waals surface area contributed by atoms with Crippen molar-refractivity contribution in [2.45, 2.75) is 25.2 Å². The van der Waals surface area contributed by atoms with Gasteiger partial charge >= 0.3 is 0 Å². The molecule has 1 aromatic carbocycles. The van der Waals surface area contributed by atoms with Gasteiger partial charge in [-0.15, -0.1) is 0 Å². The van der Waals surface area contributed by atoms with Crippen molar-refractivity contribution in [3.63, 3.8) is 0 Å². The lowest BCUT2D eigenvalue weighted by atomic mass is 10.2. The van der Waals surface area contributed by atoms with E-state index in [4.69, 9.17) is 5.11 Å². The lowest BCUT2D eigenvalue weighted by Crippen LogP contribution is -2.25. The van der Waals surface area contributed by atoms with Gasteiger partial charge in [-0.25, -0.2) is 4.39 Å². The molecule has 1 amide bonds.